The van der Waals surface area contributed by atoms with E-state index in [1.165, 1.54) is 42.8 Å². The van der Waals surface area contributed by atoms with E-state index in [1.807, 2.05) is 0 Å². The molecule has 0 N–H and O–H groups in total. The minimum absolute atomic E-state index is 0. The second-order valence-electron chi connectivity index (χ2n) is 7.86. The molecule has 0 saturated heterocycles. The van der Waals surface area contributed by atoms with E-state index in [2.05, 4.69) is 126 Å². The summed E-state index contributed by atoms with van der Waals surface area (Å²) in [6, 6.07) is 27.2. The average molecular weight is 504 g/mol. The maximum atomic E-state index is 2.36. The van der Waals surface area contributed by atoms with Crippen molar-refractivity contribution in [1.29, 1.82) is 0 Å². The van der Waals surface area contributed by atoms with Crippen molar-refractivity contribution in [3.8, 4) is 0 Å². The van der Waals surface area contributed by atoms with Gasteiger partial charge in [0.2, 0.25) is 0 Å². The van der Waals surface area contributed by atoms with Crippen molar-refractivity contribution < 1.29 is 57.7 Å². The predicted octanol–water partition coefficient (Wildman–Crippen LogP) is -2.28. The molecule has 0 amide bonds. The van der Waals surface area contributed by atoms with Gasteiger partial charge in [0.25, 0.3) is 0 Å². The monoisotopic (exact) mass is 502 g/mol. The van der Waals surface area contributed by atoms with Gasteiger partial charge in [-0.3, -0.25) is 0 Å². The quantitative estimate of drug-likeness (QED) is 0.278. The number of allylic oxidation sites excluding steroid dienone is 4. The summed E-state index contributed by atoms with van der Waals surface area (Å²) in [5.41, 5.74) is 9.14. The van der Waals surface area contributed by atoms with E-state index in [0.717, 1.165) is 6.42 Å². The molecule has 0 saturated carbocycles. The van der Waals surface area contributed by atoms with E-state index in [1.54, 1.807) is 0 Å². The van der Waals surface area contributed by atoms with E-state index >= 15 is 0 Å². The van der Waals surface area contributed by atoms with Gasteiger partial charge in [-0.05, 0) is 0 Å². The fraction of sp³-hybridized carbons (Fsp3) is 0.185. The van der Waals surface area contributed by atoms with Crippen LogP contribution in [0.3, 0.4) is 0 Å². The Labute approximate surface area is 216 Å². The second kappa shape index (κ2) is 11.5. The Hall–Kier alpha value is -1.28. The smallest absolute Gasteiger partial charge is 1.00 e. The van der Waals surface area contributed by atoms with Crippen LogP contribution in [0.2, 0.25) is 0 Å². The molecule has 0 nitrogen and oxygen atoms in total. The summed E-state index contributed by atoms with van der Waals surface area (Å²) in [5.74, 6) is 0. The molecule has 0 heterocycles. The number of benzene rings is 3. The second-order valence-corrected chi connectivity index (χ2v) is 8.70. The summed E-state index contributed by atoms with van der Waals surface area (Å²) in [6.07, 6.45) is 5.58. The fourth-order valence-corrected chi connectivity index (χ4v) is 5.15. The molecule has 3 aromatic carbocycles. The van der Waals surface area contributed by atoms with Gasteiger partial charge >= 0.3 is 181 Å². The fourth-order valence-electron chi connectivity index (χ4n) is 4.52. The van der Waals surface area contributed by atoms with Gasteiger partial charge in [0.1, 0.15) is 0 Å². The van der Waals surface area contributed by atoms with Crippen LogP contribution in [0, 0.1) is 20.8 Å². The van der Waals surface area contributed by atoms with Crippen molar-refractivity contribution in [2.75, 3.05) is 0 Å². The van der Waals surface area contributed by atoms with Gasteiger partial charge in [0.15, 0.2) is 0 Å². The van der Waals surface area contributed by atoms with Crippen LogP contribution >= 0.6 is 0 Å². The zero-order chi connectivity index (χ0) is 19.7. The van der Waals surface area contributed by atoms with Crippen LogP contribution in [0.1, 0.15) is 39.8 Å². The van der Waals surface area contributed by atoms with E-state index in [-0.39, 0.29) is 42.6 Å². The molecule has 1 aliphatic rings. The molecule has 0 radical (unpaired) electrons. The van der Waals surface area contributed by atoms with Crippen molar-refractivity contribution in [1.82, 2.24) is 0 Å². The molecular weight excluding hydrogens is 479 g/mol. The molecule has 0 fully saturated rings. The molecule has 4 rings (SSSR count). The molecule has 0 bridgehead atoms. The van der Waals surface area contributed by atoms with Gasteiger partial charge in [-0.25, -0.2) is 0 Å². The largest absolute Gasteiger partial charge is 1.00 e. The summed E-state index contributed by atoms with van der Waals surface area (Å²) in [6.45, 7) is 6.57. The first-order valence-corrected chi connectivity index (χ1v) is 10.6. The Bertz CT molecular complexity index is 988. The van der Waals surface area contributed by atoms with Gasteiger partial charge in [-0.2, -0.15) is 0 Å². The third kappa shape index (κ3) is 5.21. The zero-order valence-corrected chi connectivity index (χ0v) is 21.8. The van der Waals surface area contributed by atoms with Crippen LogP contribution in [0.25, 0.3) is 0 Å². The van der Waals surface area contributed by atoms with Crippen molar-refractivity contribution in [3.05, 3.63) is 128 Å². The number of hydrogen-bond donors (Lipinski definition) is 0. The molecule has 1 aliphatic carbocycles. The zero-order valence-electron chi connectivity index (χ0n) is 17.9. The van der Waals surface area contributed by atoms with E-state index < -0.39 is 0 Å². The summed E-state index contributed by atoms with van der Waals surface area (Å²) in [7, 11) is 0. The molecule has 0 atom stereocenters. The molecule has 31 heavy (non-hydrogen) atoms. The average Bonchev–Trinajstić information content (AvgIpc) is 3.09. The summed E-state index contributed by atoms with van der Waals surface area (Å²) in [5, 5.41) is 0. The maximum Gasteiger partial charge on any atom is -1.00 e. The summed E-state index contributed by atoms with van der Waals surface area (Å²) >= 11 is 2.26. The van der Waals surface area contributed by atoms with Crippen LogP contribution in [0.4, 0.5) is 0 Å². The normalized spacial score (nSPS) is 12.7. The summed E-state index contributed by atoms with van der Waals surface area (Å²) < 4.78 is 1.38. The summed E-state index contributed by atoms with van der Waals surface area (Å²) in [4.78, 5) is 0. The molecule has 0 spiro atoms. The predicted molar refractivity (Wildman–Crippen MR) is 114 cm³/mol. The van der Waals surface area contributed by atoms with Crippen molar-refractivity contribution >= 4 is 0 Å². The van der Waals surface area contributed by atoms with Crippen LogP contribution < -0.4 is 37.2 Å². The Balaban J connectivity index is 0.00000160. The van der Waals surface area contributed by atoms with Crippen molar-refractivity contribution in [3.63, 3.8) is 0 Å². The van der Waals surface area contributed by atoms with Gasteiger partial charge < -0.3 is 37.2 Å². The molecule has 3 aromatic rings. The molecule has 158 valence electrons. The molecule has 0 aliphatic heterocycles. The van der Waals surface area contributed by atoms with E-state index in [9.17, 15) is 0 Å². The SMILES string of the molecule is Cc1cccc(C(C2=[C]([Ti+3])C=CC2)(c2cccc(C)c2)c2cccc(C)c2)c1.[Cl-].[Cl-].[Cl-]. The van der Waals surface area contributed by atoms with Gasteiger partial charge in [0.05, 0.1) is 0 Å². The van der Waals surface area contributed by atoms with Crippen molar-refractivity contribution in [2.45, 2.75) is 32.6 Å². The Morgan fingerprint density at radius 1 is 0.645 bits per heavy atom. The van der Waals surface area contributed by atoms with Gasteiger partial charge in [0, 0.05) is 0 Å². The van der Waals surface area contributed by atoms with Crippen LogP contribution in [0.5, 0.6) is 0 Å². The number of hydrogen-bond acceptors (Lipinski definition) is 0. The molecule has 4 heteroatoms. The van der Waals surface area contributed by atoms with Crippen LogP contribution in [0.15, 0.2) is 94.4 Å². The van der Waals surface area contributed by atoms with Gasteiger partial charge in [-0.1, -0.05) is 0 Å². The number of halogens is 3. The molecule has 0 unspecified atom stereocenters. The van der Waals surface area contributed by atoms with Gasteiger partial charge in [-0.15, -0.1) is 0 Å². The number of rotatable bonds is 4. The van der Waals surface area contributed by atoms with E-state index in [4.69, 9.17) is 0 Å². The van der Waals surface area contributed by atoms with Crippen LogP contribution in [-0.4, -0.2) is 0 Å². The van der Waals surface area contributed by atoms with Crippen molar-refractivity contribution in [2.24, 2.45) is 0 Å². The number of aryl methyl sites for hydroxylation is 3. The third-order valence-electron chi connectivity index (χ3n) is 5.74. The first kappa shape index (κ1) is 27.8. The first-order chi connectivity index (χ1) is 13.5. The maximum absolute atomic E-state index is 2.36. The Kier molecular flexibility index (Phi) is 10.3. The Morgan fingerprint density at radius 2 is 1.03 bits per heavy atom. The minimum atomic E-state index is -0.280. The van der Waals surface area contributed by atoms with Crippen LogP contribution in [-0.2, 0) is 25.9 Å². The molecule has 0 aromatic heterocycles. The third-order valence-corrected chi connectivity index (χ3v) is 6.47. The minimum Gasteiger partial charge on any atom is -1.00 e. The van der Waals surface area contributed by atoms with E-state index in [0.29, 0.717) is 0 Å². The Morgan fingerprint density at radius 3 is 1.32 bits per heavy atom. The standard InChI is InChI=1S/C27H25.3ClH.Ti/c1-20-9-6-14-24(17-20)27(23-12-4-5-13-23,25-15-7-10-21(2)18-25)26-16-8-11-22(3)19-26;;;;/h4-11,14-19H,12H2,1-3H3;3*1H;/q;;;;+3/p-3. The molecular formula is C27H25Cl3Ti. The first-order valence-electron chi connectivity index (χ1n) is 9.85. The topological polar surface area (TPSA) is 0 Å².